The number of ether oxygens (including phenoxy) is 2. The maximum atomic E-state index is 5.23. The zero-order chi connectivity index (χ0) is 10.7. The summed E-state index contributed by atoms with van der Waals surface area (Å²) in [5.41, 5.74) is 0. The molecule has 15 heavy (non-hydrogen) atoms. The lowest BCUT2D eigenvalue weighted by Crippen LogP contribution is -2.41. The van der Waals surface area contributed by atoms with Crippen LogP contribution in [-0.4, -0.2) is 57.6 Å². The van der Waals surface area contributed by atoms with Crippen molar-refractivity contribution in [1.82, 2.24) is 10.2 Å². The topological polar surface area (TPSA) is 33.7 Å². The summed E-state index contributed by atoms with van der Waals surface area (Å²) >= 11 is 0. The van der Waals surface area contributed by atoms with Crippen molar-refractivity contribution in [3.05, 3.63) is 0 Å². The molecule has 4 heteroatoms. The summed E-state index contributed by atoms with van der Waals surface area (Å²) in [5, 5.41) is 3.60. The van der Waals surface area contributed by atoms with E-state index >= 15 is 0 Å². The van der Waals surface area contributed by atoms with Gasteiger partial charge in [0.25, 0.3) is 0 Å². The average Bonchev–Trinajstić information content (AvgIpc) is 2.68. The third kappa shape index (κ3) is 2.69. The average molecular weight is 214 g/mol. The van der Waals surface area contributed by atoms with Gasteiger partial charge < -0.3 is 14.8 Å². The normalized spacial score (nSPS) is 32.2. The molecule has 0 spiro atoms. The van der Waals surface area contributed by atoms with E-state index in [1.807, 2.05) is 0 Å². The van der Waals surface area contributed by atoms with E-state index in [1.54, 1.807) is 14.2 Å². The van der Waals surface area contributed by atoms with E-state index in [9.17, 15) is 0 Å². The number of methoxy groups -OCH3 is 2. The third-order valence-electron chi connectivity index (χ3n) is 3.61. The van der Waals surface area contributed by atoms with Crippen molar-refractivity contribution >= 4 is 0 Å². The maximum absolute atomic E-state index is 5.23. The molecule has 0 radical (unpaired) electrons. The van der Waals surface area contributed by atoms with Crippen LogP contribution in [0.5, 0.6) is 0 Å². The van der Waals surface area contributed by atoms with E-state index < -0.39 is 0 Å². The lowest BCUT2D eigenvalue weighted by Gasteiger charge is -2.24. The fourth-order valence-corrected chi connectivity index (χ4v) is 2.74. The molecule has 0 amide bonds. The molecule has 88 valence electrons. The van der Waals surface area contributed by atoms with E-state index in [0.717, 1.165) is 19.0 Å². The fourth-order valence-electron chi connectivity index (χ4n) is 2.74. The summed E-state index contributed by atoms with van der Waals surface area (Å²) in [6, 6.07) is 0.702. The summed E-state index contributed by atoms with van der Waals surface area (Å²) in [6.45, 7) is 4.42. The van der Waals surface area contributed by atoms with Crippen molar-refractivity contribution in [3.63, 3.8) is 0 Å². The lowest BCUT2D eigenvalue weighted by molar-refractivity contribution is -0.114. The van der Waals surface area contributed by atoms with Crippen LogP contribution in [-0.2, 0) is 9.47 Å². The van der Waals surface area contributed by atoms with Crippen LogP contribution in [0.4, 0.5) is 0 Å². The number of fused-ring (bicyclic) bond motifs is 1. The highest BCUT2D eigenvalue weighted by Gasteiger charge is 2.34. The number of hydrogen-bond donors (Lipinski definition) is 1. The van der Waals surface area contributed by atoms with E-state index in [2.05, 4.69) is 10.2 Å². The molecule has 2 saturated heterocycles. The fraction of sp³-hybridized carbons (Fsp3) is 1.00. The second-order valence-corrected chi connectivity index (χ2v) is 4.58. The van der Waals surface area contributed by atoms with Gasteiger partial charge in [0, 0.05) is 39.9 Å². The van der Waals surface area contributed by atoms with Crippen LogP contribution in [0.3, 0.4) is 0 Å². The second kappa shape index (κ2) is 5.25. The first kappa shape index (κ1) is 11.3. The van der Waals surface area contributed by atoms with Crippen LogP contribution in [0.15, 0.2) is 0 Å². The van der Waals surface area contributed by atoms with Gasteiger partial charge in [0.05, 0.1) is 0 Å². The first-order valence-electron chi connectivity index (χ1n) is 5.85. The highest BCUT2D eigenvalue weighted by atomic mass is 16.7. The summed E-state index contributed by atoms with van der Waals surface area (Å²) < 4.78 is 10.5. The predicted octanol–water partition coefficient (Wildman–Crippen LogP) is 0.289. The number of nitrogens with one attached hydrogen (secondary N) is 1. The predicted molar refractivity (Wildman–Crippen MR) is 58.8 cm³/mol. The highest BCUT2D eigenvalue weighted by molar-refractivity contribution is 4.91. The molecule has 2 heterocycles. The van der Waals surface area contributed by atoms with Crippen molar-refractivity contribution < 1.29 is 9.47 Å². The van der Waals surface area contributed by atoms with Crippen LogP contribution in [0.25, 0.3) is 0 Å². The van der Waals surface area contributed by atoms with Gasteiger partial charge in [-0.3, -0.25) is 4.90 Å². The number of rotatable bonds is 4. The molecule has 0 bridgehead atoms. The minimum absolute atomic E-state index is 0.0786. The summed E-state index contributed by atoms with van der Waals surface area (Å²) in [5.74, 6) is 0.841. The molecule has 1 N–H and O–H groups in total. The van der Waals surface area contributed by atoms with E-state index in [1.165, 1.54) is 25.9 Å². The van der Waals surface area contributed by atoms with E-state index in [4.69, 9.17) is 9.47 Å². The molecule has 0 aromatic heterocycles. The number of piperidine rings is 1. The van der Waals surface area contributed by atoms with E-state index in [-0.39, 0.29) is 6.29 Å². The zero-order valence-electron chi connectivity index (χ0n) is 9.74. The van der Waals surface area contributed by atoms with Crippen LogP contribution in [0.1, 0.15) is 12.8 Å². The van der Waals surface area contributed by atoms with Gasteiger partial charge in [-0.05, 0) is 25.3 Å². The van der Waals surface area contributed by atoms with Gasteiger partial charge in [0.15, 0.2) is 6.29 Å². The van der Waals surface area contributed by atoms with Crippen LogP contribution in [0, 0.1) is 5.92 Å². The monoisotopic (exact) mass is 214 g/mol. The standard InChI is InChI=1S/C11H22N2O2/c1-14-11(15-2)8-13-6-9-4-3-5-12-10(9)7-13/h9-12H,3-8H2,1-2H3/t9-,10+/m0/s1. The largest absolute Gasteiger partial charge is 0.355 e. The molecule has 0 saturated carbocycles. The quantitative estimate of drug-likeness (QED) is 0.682. The maximum Gasteiger partial charge on any atom is 0.169 e. The Balaban J connectivity index is 1.80. The second-order valence-electron chi connectivity index (χ2n) is 4.58. The SMILES string of the molecule is COC(CN1C[C@@H]2CCCN[C@@H]2C1)OC. The Hall–Kier alpha value is -0.160. The van der Waals surface area contributed by atoms with Crippen molar-refractivity contribution in [2.75, 3.05) is 40.4 Å². The molecule has 2 aliphatic heterocycles. The number of nitrogens with zero attached hydrogens (tertiary/aromatic N) is 1. The lowest BCUT2D eigenvalue weighted by atomic mass is 9.94. The van der Waals surface area contributed by atoms with Gasteiger partial charge in [0.1, 0.15) is 0 Å². The minimum Gasteiger partial charge on any atom is -0.355 e. The number of hydrogen-bond acceptors (Lipinski definition) is 4. The Kier molecular flexibility index (Phi) is 3.97. The Morgan fingerprint density at radius 3 is 2.80 bits per heavy atom. The molecule has 0 unspecified atom stereocenters. The smallest absolute Gasteiger partial charge is 0.169 e. The van der Waals surface area contributed by atoms with Crippen molar-refractivity contribution in [1.29, 1.82) is 0 Å². The van der Waals surface area contributed by atoms with Gasteiger partial charge in [0.2, 0.25) is 0 Å². The zero-order valence-corrected chi connectivity index (χ0v) is 9.74. The molecule has 2 rings (SSSR count). The molecule has 4 nitrogen and oxygen atoms in total. The van der Waals surface area contributed by atoms with Gasteiger partial charge >= 0.3 is 0 Å². The van der Waals surface area contributed by atoms with Gasteiger partial charge in [-0.1, -0.05) is 0 Å². The van der Waals surface area contributed by atoms with E-state index in [0.29, 0.717) is 6.04 Å². The first-order valence-corrected chi connectivity index (χ1v) is 5.85. The Bertz CT molecular complexity index is 183. The van der Waals surface area contributed by atoms with Gasteiger partial charge in [-0.15, -0.1) is 0 Å². The molecule has 0 aliphatic carbocycles. The molecule has 2 atom stereocenters. The molecular weight excluding hydrogens is 192 g/mol. The van der Waals surface area contributed by atoms with Crippen molar-refractivity contribution in [2.24, 2.45) is 5.92 Å². The first-order chi connectivity index (χ1) is 7.33. The summed E-state index contributed by atoms with van der Waals surface area (Å²) in [6.07, 6.45) is 2.62. The van der Waals surface area contributed by atoms with Crippen LogP contribution >= 0.6 is 0 Å². The summed E-state index contributed by atoms with van der Waals surface area (Å²) in [7, 11) is 3.41. The van der Waals surface area contributed by atoms with Crippen LogP contribution in [0.2, 0.25) is 0 Å². The molecule has 2 aliphatic rings. The Labute approximate surface area is 91.9 Å². The minimum atomic E-state index is -0.0786. The van der Waals surface area contributed by atoms with Gasteiger partial charge in [-0.25, -0.2) is 0 Å². The molecule has 0 aromatic carbocycles. The molecule has 2 fully saturated rings. The molecular formula is C11H22N2O2. The van der Waals surface area contributed by atoms with Crippen molar-refractivity contribution in [3.8, 4) is 0 Å². The van der Waals surface area contributed by atoms with Crippen LogP contribution < -0.4 is 5.32 Å². The van der Waals surface area contributed by atoms with Crippen molar-refractivity contribution in [2.45, 2.75) is 25.2 Å². The third-order valence-corrected chi connectivity index (χ3v) is 3.61. The Morgan fingerprint density at radius 2 is 2.13 bits per heavy atom. The molecule has 0 aromatic rings. The van der Waals surface area contributed by atoms with Gasteiger partial charge in [-0.2, -0.15) is 0 Å². The Morgan fingerprint density at radius 1 is 1.33 bits per heavy atom. The number of likely N-dealkylation sites (tertiary alicyclic amines) is 1. The highest BCUT2D eigenvalue weighted by Crippen LogP contribution is 2.24. The summed E-state index contributed by atoms with van der Waals surface area (Å²) in [4.78, 5) is 2.45.